The van der Waals surface area contributed by atoms with Crippen molar-refractivity contribution in [2.45, 2.75) is 26.4 Å². The first-order chi connectivity index (χ1) is 6.00. The number of ether oxygens (including phenoxy) is 2. The molecule has 0 aliphatic carbocycles. The van der Waals surface area contributed by atoms with Crippen LogP contribution in [0.1, 0.15) is 20.8 Å². The zero-order valence-corrected chi connectivity index (χ0v) is 8.50. The average Bonchev–Trinajstić information content (AvgIpc) is 2.03. The van der Waals surface area contributed by atoms with Crippen LogP contribution in [0, 0.1) is 0 Å². The Kier molecular flexibility index (Phi) is 5.86. The number of aliphatic hydroxyl groups excluding tert-OH is 1. The van der Waals surface area contributed by atoms with Crippen molar-refractivity contribution in [1.82, 2.24) is 0 Å². The molecule has 0 amide bonds. The lowest BCUT2D eigenvalue weighted by Gasteiger charge is -2.21. The Labute approximate surface area is 78.8 Å². The molecular weight excluding hydrogens is 172 g/mol. The molecule has 0 heterocycles. The summed E-state index contributed by atoms with van der Waals surface area (Å²) >= 11 is 0. The second kappa shape index (κ2) is 6.07. The van der Waals surface area contributed by atoms with Gasteiger partial charge < -0.3 is 14.6 Å². The zero-order valence-electron chi connectivity index (χ0n) is 8.50. The summed E-state index contributed by atoms with van der Waals surface area (Å²) in [5.41, 5.74) is -0.734. The molecular formula is C9H18O4. The minimum absolute atomic E-state index is 0.00495. The Morgan fingerprint density at radius 1 is 1.31 bits per heavy atom. The highest BCUT2D eigenvalue weighted by molar-refractivity contribution is 5.83. The van der Waals surface area contributed by atoms with Gasteiger partial charge >= 0.3 is 0 Å². The molecule has 0 saturated carbocycles. The summed E-state index contributed by atoms with van der Waals surface area (Å²) in [5, 5.41) is 8.39. The second-order valence-corrected chi connectivity index (χ2v) is 3.25. The highest BCUT2D eigenvalue weighted by Gasteiger charge is 2.23. The van der Waals surface area contributed by atoms with Crippen molar-refractivity contribution in [2.24, 2.45) is 0 Å². The van der Waals surface area contributed by atoms with Crippen molar-refractivity contribution in [3.63, 3.8) is 0 Å². The maximum atomic E-state index is 11.0. The van der Waals surface area contributed by atoms with Gasteiger partial charge in [0.1, 0.15) is 5.60 Å². The molecule has 78 valence electrons. The van der Waals surface area contributed by atoms with Gasteiger partial charge in [0.25, 0.3) is 0 Å². The second-order valence-electron chi connectivity index (χ2n) is 3.25. The fourth-order valence-corrected chi connectivity index (χ4v) is 0.624. The van der Waals surface area contributed by atoms with E-state index in [2.05, 4.69) is 0 Å². The number of aliphatic hydroxyl groups is 1. The minimum atomic E-state index is -0.734. The average molecular weight is 190 g/mol. The number of rotatable bonds is 7. The number of ketones is 1. The third kappa shape index (κ3) is 5.74. The summed E-state index contributed by atoms with van der Waals surface area (Å²) in [7, 11) is 0. The number of carbonyl (C=O) groups excluding carboxylic acids is 1. The lowest BCUT2D eigenvalue weighted by molar-refractivity contribution is -0.139. The molecule has 4 nitrogen and oxygen atoms in total. The Bertz CT molecular complexity index is 154. The summed E-state index contributed by atoms with van der Waals surface area (Å²) in [6.45, 7) is 6.03. The topological polar surface area (TPSA) is 55.8 Å². The maximum Gasteiger partial charge on any atom is 0.160 e. The van der Waals surface area contributed by atoms with E-state index in [4.69, 9.17) is 14.6 Å². The number of hydrogen-bond acceptors (Lipinski definition) is 4. The van der Waals surface area contributed by atoms with Gasteiger partial charge in [-0.3, -0.25) is 4.79 Å². The molecule has 0 aromatic heterocycles. The van der Waals surface area contributed by atoms with Crippen molar-refractivity contribution in [2.75, 3.05) is 26.4 Å². The largest absolute Gasteiger partial charge is 0.394 e. The van der Waals surface area contributed by atoms with E-state index in [0.29, 0.717) is 19.8 Å². The van der Waals surface area contributed by atoms with Crippen LogP contribution < -0.4 is 0 Å². The molecule has 0 radical (unpaired) electrons. The van der Waals surface area contributed by atoms with Crippen molar-refractivity contribution in [3.8, 4) is 0 Å². The molecule has 0 fully saturated rings. The molecule has 0 unspecified atom stereocenters. The van der Waals surface area contributed by atoms with Crippen LogP contribution in [0.15, 0.2) is 0 Å². The number of carbonyl (C=O) groups is 1. The van der Waals surface area contributed by atoms with Crippen molar-refractivity contribution in [3.05, 3.63) is 0 Å². The smallest absolute Gasteiger partial charge is 0.160 e. The summed E-state index contributed by atoms with van der Waals surface area (Å²) in [6, 6.07) is 0. The van der Waals surface area contributed by atoms with Gasteiger partial charge in [0.05, 0.1) is 26.4 Å². The van der Waals surface area contributed by atoms with E-state index in [1.165, 1.54) is 6.92 Å². The molecule has 1 N–H and O–H groups in total. The van der Waals surface area contributed by atoms with Gasteiger partial charge in [-0.05, 0) is 20.8 Å². The number of hydrogen-bond donors (Lipinski definition) is 1. The summed E-state index contributed by atoms with van der Waals surface area (Å²) in [5.74, 6) is -0.00495. The van der Waals surface area contributed by atoms with E-state index < -0.39 is 5.60 Å². The molecule has 0 aliphatic heterocycles. The van der Waals surface area contributed by atoms with E-state index in [-0.39, 0.29) is 12.4 Å². The van der Waals surface area contributed by atoms with E-state index in [1.807, 2.05) is 0 Å². The monoisotopic (exact) mass is 190 g/mol. The van der Waals surface area contributed by atoms with E-state index in [0.717, 1.165) is 0 Å². The Morgan fingerprint density at radius 3 is 2.38 bits per heavy atom. The fraction of sp³-hybridized carbons (Fsp3) is 0.889. The highest BCUT2D eigenvalue weighted by atomic mass is 16.5. The molecule has 0 aliphatic rings. The van der Waals surface area contributed by atoms with Crippen molar-refractivity contribution in [1.29, 1.82) is 0 Å². The van der Waals surface area contributed by atoms with Crippen LogP contribution in [-0.2, 0) is 14.3 Å². The Morgan fingerprint density at radius 2 is 1.92 bits per heavy atom. The van der Waals surface area contributed by atoms with Gasteiger partial charge in [-0.15, -0.1) is 0 Å². The Balaban J connectivity index is 3.46. The first-order valence-electron chi connectivity index (χ1n) is 4.34. The van der Waals surface area contributed by atoms with Gasteiger partial charge in [-0.1, -0.05) is 0 Å². The standard InChI is InChI=1S/C9H18O4/c1-8(11)9(2,3)13-7-6-12-5-4-10/h10H,4-7H2,1-3H3. The van der Waals surface area contributed by atoms with Crippen LogP contribution in [0.2, 0.25) is 0 Å². The first kappa shape index (κ1) is 12.6. The third-order valence-corrected chi connectivity index (χ3v) is 1.77. The van der Waals surface area contributed by atoms with Crippen LogP contribution in [0.4, 0.5) is 0 Å². The molecule has 0 saturated heterocycles. The van der Waals surface area contributed by atoms with Gasteiger partial charge in [0.15, 0.2) is 5.78 Å². The van der Waals surface area contributed by atoms with Crippen LogP contribution in [0.25, 0.3) is 0 Å². The molecule has 0 aromatic rings. The fourth-order valence-electron chi connectivity index (χ4n) is 0.624. The lowest BCUT2D eigenvalue weighted by Crippen LogP contribution is -2.34. The molecule has 0 rings (SSSR count). The lowest BCUT2D eigenvalue weighted by atomic mass is 10.1. The van der Waals surface area contributed by atoms with E-state index in [1.54, 1.807) is 13.8 Å². The van der Waals surface area contributed by atoms with Crippen LogP contribution in [-0.4, -0.2) is 42.9 Å². The van der Waals surface area contributed by atoms with Gasteiger partial charge in [-0.2, -0.15) is 0 Å². The molecule has 13 heavy (non-hydrogen) atoms. The molecule has 4 heteroatoms. The van der Waals surface area contributed by atoms with E-state index >= 15 is 0 Å². The Hall–Kier alpha value is -0.450. The summed E-state index contributed by atoms with van der Waals surface area (Å²) in [6.07, 6.45) is 0. The predicted molar refractivity (Wildman–Crippen MR) is 48.6 cm³/mol. The third-order valence-electron chi connectivity index (χ3n) is 1.77. The molecule has 0 atom stereocenters. The highest BCUT2D eigenvalue weighted by Crippen LogP contribution is 2.09. The summed E-state index contributed by atoms with van der Waals surface area (Å²) < 4.78 is 10.3. The van der Waals surface area contributed by atoms with Crippen molar-refractivity contribution >= 4 is 5.78 Å². The van der Waals surface area contributed by atoms with Crippen molar-refractivity contribution < 1.29 is 19.4 Å². The SMILES string of the molecule is CC(=O)C(C)(C)OCCOCCO. The van der Waals surface area contributed by atoms with Crippen LogP contribution in [0.3, 0.4) is 0 Å². The van der Waals surface area contributed by atoms with Gasteiger partial charge in [0.2, 0.25) is 0 Å². The quantitative estimate of drug-likeness (QED) is 0.590. The predicted octanol–water partition coefficient (Wildman–Crippen LogP) is 0.380. The summed E-state index contributed by atoms with van der Waals surface area (Å²) in [4.78, 5) is 11.0. The first-order valence-corrected chi connectivity index (χ1v) is 4.34. The maximum absolute atomic E-state index is 11.0. The van der Waals surface area contributed by atoms with E-state index in [9.17, 15) is 4.79 Å². The molecule has 0 aromatic carbocycles. The van der Waals surface area contributed by atoms with Gasteiger partial charge in [-0.25, -0.2) is 0 Å². The van der Waals surface area contributed by atoms with Gasteiger partial charge in [0, 0.05) is 0 Å². The zero-order chi connectivity index (χ0) is 10.3. The normalized spacial score (nSPS) is 11.7. The molecule has 0 spiro atoms. The number of Topliss-reactive ketones (excluding diaryl/α,β-unsaturated/α-hetero) is 1. The molecule has 0 bridgehead atoms. The van der Waals surface area contributed by atoms with Crippen LogP contribution in [0.5, 0.6) is 0 Å². The van der Waals surface area contributed by atoms with Crippen LogP contribution >= 0.6 is 0 Å². The minimum Gasteiger partial charge on any atom is -0.394 e.